The van der Waals surface area contributed by atoms with Crippen molar-refractivity contribution in [2.75, 3.05) is 0 Å². The SMILES string of the molecule is Cc1ccc([C@@H](C)NCc2ccc(Br)cc2F)cc1. The minimum Gasteiger partial charge on any atom is -0.306 e. The van der Waals surface area contributed by atoms with Gasteiger partial charge in [-0.25, -0.2) is 4.39 Å². The highest BCUT2D eigenvalue weighted by atomic mass is 79.9. The van der Waals surface area contributed by atoms with Gasteiger partial charge in [0.15, 0.2) is 0 Å². The summed E-state index contributed by atoms with van der Waals surface area (Å²) < 4.78 is 14.5. The lowest BCUT2D eigenvalue weighted by Gasteiger charge is -2.15. The Morgan fingerprint density at radius 1 is 1.16 bits per heavy atom. The fraction of sp³-hybridized carbons (Fsp3) is 0.250. The molecule has 0 heterocycles. The molecule has 0 saturated heterocycles. The topological polar surface area (TPSA) is 12.0 Å². The molecule has 0 radical (unpaired) electrons. The first-order valence-corrected chi connectivity index (χ1v) is 7.09. The second kappa shape index (κ2) is 6.31. The average molecular weight is 322 g/mol. The van der Waals surface area contributed by atoms with Crippen molar-refractivity contribution in [2.24, 2.45) is 0 Å². The Kier molecular flexibility index (Phi) is 4.72. The molecule has 1 atom stereocenters. The number of benzene rings is 2. The maximum absolute atomic E-state index is 13.7. The first kappa shape index (κ1) is 14.2. The standard InChI is InChI=1S/C16H17BrFN/c1-11-3-5-13(6-4-11)12(2)19-10-14-7-8-15(17)9-16(14)18/h3-9,12,19H,10H2,1-2H3/t12-/m1/s1. The van der Waals surface area contributed by atoms with E-state index < -0.39 is 0 Å². The van der Waals surface area contributed by atoms with Crippen molar-refractivity contribution < 1.29 is 4.39 Å². The Balaban J connectivity index is 2.00. The third-order valence-electron chi connectivity index (χ3n) is 3.19. The number of aryl methyl sites for hydroxylation is 1. The molecule has 0 unspecified atom stereocenters. The van der Waals surface area contributed by atoms with Crippen LogP contribution in [-0.2, 0) is 6.54 Å². The summed E-state index contributed by atoms with van der Waals surface area (Å²) in [6.45, 7) is 4.68. The van der Waals surface area contributed by atoms with Gasteiger partial charge in [0.1, 0.15) is 5.82 Å². The maximum atomic E-state index is 13.7. The lowest BCUT2D eigenvalue weighted by atomic mass is 10.1. The first-order valence-electron chi connectivity index (χ1n) is 6.30. The first-order chi connectivity index (χ1) is 9.06. The van der Waals surface area contributed by atoms with Gasteiger partial charge < -0.3 is 5.32 Å². The molecule has 2 aromatic rings. The summed E-state index contributed by atoms with van der Waals surface area (Å²) >= 11 is 3.26. The van der Waals surface area contributed by atoms with Crippen molar-refractivity contribution in [1.29, 1.82) is 0 Å². The summed E-state index contributed by atoms with van der Waals surface area (Å²) in [6.07, 6.45) is 0. The third-order valence-corrected chi connectivity index (χ3v) is 3.68. The van der Waals surface area contributed by atoms with E-state index in [1.54, 1.807) is 6.07 Å². The lowest BCUT2D eigenvalue weighted by molar-refractivity contribution is 0.544. The molecule has 2 rings (SSSR count). The van der Waals surface area contributed by atoms with E-state index in [4.69, 9.17) is 0 Å². The van der Waals surface area contributed by atoms with E-state index in [1.165, 1.54) is 17.2 Å². The van der Waals surface area contributed by atoms with Gasteiger partial charge in [-0.05, 0) is 31.5 Å². The molecular weight excluding hydrogens is 305 g/mol. The smallest absolute Gasteiger partial charge is 0.128 e. The summed E-state index contributed by atoms with van der Waals surface area (Å²) in [6, 6.07) is 13.7. The van der Waals surface area contributed by atoms with Crippen molar-refractivity contribution in [3.63, 3.8) is 0 Å². The number of nitrogens with one attached hydrogen (secondary N) is 1. The second-order valence-electron chi connectivity index (χ2n) is 4.75. The van der Waals surface area contributed by atoms with E-state index in [0.717, 1.165) is 4.47 Å². The van der Waals surface area contributed by atoms with Crippen LogP contribution >= 0.6 is 15.9 Å². The Morgan fingerprint density at radius 2 is 1.84 bits per heavy atom. The van der Waals surface area contributed by atoms with Crippen LogP contribution in [-0.4, -0.2) is 0 Å². The van der Waals surface area contributed by atoms with Crippen LogP contribution in [0.4, 0.5) is 4.39 Å². The summed E-state index contributed by atoms with van der Waals surface area (Å²) in [5.74, 6) is -0.182. The molecule has 2 aromatic carbocycles. The summed E-state index contributed by atoms with van der Waals surface area (Å²) in [7, 11) is 0. The van der Waals surface area contributed by atoms with Crippen LogP contribution in [0.15, 0.2) is 46.9 Å². The zero-order chi connectivity index (χ0) is 13.8. The van der Waals surface area contributed by atoms with Crippen molar-refractivity contribution >= 4 is 15.9 Å². The molecule has 0 amide bonds. The number of hydrogen-bond donors (Lipinski definition) is 1. The predicted molar refractivity (Wildman–Crippen MR) is 80.5 cm³/mol. The van der Waals surface area contributed by atoms with Crippen LogP contribution in [0.2, 0.25) is 0 Å². The van der Waals surface area contributed by atoms with Gasteiger partial charge in [0.05, 0.1) is 0 Å². The van der Waals surface area contributed by atoms with Crippen LogP contribution in [0, 0.1) is 12.7 Å². The van der Waals surface area contributed by atoms with Gasteiger partial charge >= 0.3 is 0 Å². The Morgan fingerprint density at radius 3 is 2.47 bits per heavy atom. The molecular formula is C16H17BrFN. The number of halogens is 2. The average Bonchev–Trinajstić information content (AvgIpc) is 2.38. The minimum atomic E-state index is -0.182. The fourth-order valence-corrected chi connectivity index (χ4v) is 2.23. The van der Waals surface area contributed by atoms with Crippen LogP contribution in [0.1, 0.15) is 29.7 Å². The molecule has 100 valence electrons. The molecule has 0 aliphatic heterocycles. The fourth-order valence-electron chi connectivity index (χ4n) is 1.90. The van der Waals surface area contributed by atoms with Gasteiger partial charge in [0.2, 0.25) is 0 Å². The van der Waals surface area contributed by atoms with E-state index in [2.05, 4.69) is 59.4 Å². The third kappa shape index (κ3) is 3.88. The quantitative estimate of drug-likeness (QED) is 0.857. The summed E-state index contributed by atoms with van der Waals surface area (Å²) in [5, 5.41) is 3.34. The molecule has 1 N–H and O–H groups in total. The Labute approximate surface area is 122 Å². The molecule has 0 saturated carbocycles. The van der Waals surface area contributed by atoms with Gasteiger partial charge in [-0.3, -0.25) is 0 Å². The Bertz CT molecular complexity index is 551. The van der Waals surface area contributed by atoms with Gasteiger partial charge in [0.25, 0.3) is 0 Å². The molecule has 19 heavy (non-hydrogen) atoms. The normalized spacial score (nSPS) is 12.4. The molecule has 1 nitrogen and oxygen atoms in total. The van der Waals surface area contributed by atoms with Gasteiger partial charge in [0, 0.05) is 22.6 Å². The van der Waals surface area contributed by atoms with Crippen molar-refractivity contribution in [3.8, 4) is 0 Å². The van der Waals surface area contributed by atoms with E-state index in [1.807, 2.05) is 6.07 Å². The van der Waals surface area contributed by atoms with Crippen LogP contribution in [0.3, 0.4) is 0 Å². The second-order valence-corrected chi connectivity index (χ2v) is 5.66. The van der Waals surface area contributed by atoms with Gasteiger partial charge in [-0.15, -0.1) is 0 Å². The zero-order valence-corrected chi connectivity index (χ0v) is 12.7. The van der Waals surface area contributed by atoms with Gasteiger partial charge in [-0.2, -0.15) is 0 Å². The monoisotopic (exact) mass is 321 g/mol. The minimum absolute atomic E-state index is 0.182. The highest BCUT2D eigenvalue weighted by molar-refractivity contribution is 9.10. The van der Waals surface area contributed by atoms with E-state index in [-0.39, 0.29) is 11.9 Å². The van der Waals surface area contributed by atoms with Crippen LogP contribution in [0.5, 0.6) is 0 Å². The zero-order valence-electron chi connectivity index (χ0n) is 11.1. The van der Waals surface area contributed by atoms with E-state index in [9.17, 15) is 4.39 Å². The summed E-state index contributed by atoms with van der Waals surface area (Å²) in [4.78, 5) is 0. The molecule has 0 fully saturated rings. The Hall–Kier alpha value is -1.19. The lowest BCUT2D eigenvalue weighted by Crippen LogP contribution is -2.18. The van der Waals surface area contributed by atoms with Crippen molar-refractivity contribution in [3.05, 3.63) is 69.4 Å². The highest BCUT2D eigenvalue weighted by Gasteiger charge is 2.07. The molecule has 0 spiro atoms. The van der Waals surface area contributed by atoms with Crippen molar-refractivity contribution in [2.45, 2.75) is 26.4 Å². The van der Waals surface area contributed by atoms with Crippen LogP contribution in [0.25, 0.3) is 0 Å². The largest absolute Gasteiger partial charge is 0.306 e. The summed E-state index contributed by atoms with van der Waals surface area (Å²) in [5.41, 5.74) is 3.14. The number of rotatable bonds is 4. The van der Waals surface area contributed by atoms with Gasteiger partial charge in [-0.1, -0.05) is 51.8 Å². The highest BCUT2D eigenvalue weighted by Crippen LogP contribution is 2.17. The van der Waals surface area contributed by atoms with Crippen molar-refractivity contribution in [1.82, 2.24) is 5.32 Å². The maximum Gasteiger partial charge on any atom is 0.128 e. The molecule has 0 aromatic heterocycles. The van der Waals surface area contributed by atoms with Crippen LogP contribution < -0.4 is 5.32 Å². The predicted octanol–water partition coefficient (Wildman–Crippen LogP) is 4.75. The van der Waals surface area contributed by atoms with E-state index in [0.29, 0.717) is 12.1 Å². The molecule has 0 bridgehead atoms. The molecule has 0 aliphatic rings. The molecule has 3 heteroatoms. The number of hydrogen-bond acceptors (Lipinski definition) is 1. The van der Waals surface area contributed by atoms with E-state index >= 15 is 0 Å². The molecule has 0 aliphatic carbocycles.